The zero-order valence-electron chi connectivity index (χ0n) is 56.8. The van der Waals surface area contributed by atoms with E-state index in [1.807, 2.05) is 0 Å². The van der Waals surface area contributed by atoms with Crippen molar-refractivity contribution in [3.8, 4) is 39.3 Å². The number of benzene rings is 17. The summed E-state index contributed by atoms with van der Waals surface area (Å²) in [6.45, 7) is 0. The van der Waals surface area contributed by atoms with Gasteiger partial charge in [-0.15, -0.1) is 0 Å². The highest BCUT2D eigenvalue weighted by molar-refractivity contribution is 6.13. The predicted octanol–water partition coefficient (Wildman–Crippen LogP) is 27.0. The first-order valence-electron chi connectivity index (χ1n) is 35.6. The van der Waals surface area contributed by atoms with Gasteiger partial charge >= 0.3 is 0 Å². The number of para-hydroxylation sites is 6. The molecule has 3 heterocycles. The Morgan fingerprint density at radius 3 is 0.856 bits per heavy atom. The van der Waals surface area contributed by atoms with Crippen LogP contribution in [0.4, 0.5) is 51.2 Å². The molecule has 3 aromatic heterocycles. The number of rotatable bonds is 14. The van der Waals surface area contributed by atoms with Crippen LogP contribution in [0.25, 0.3) is 126 Å². The third kappa shape index (κ3) is 10.2. The summed E-state index contributed by atoms with van der Waals surface area (Å²) in [4.78, 5) is 7.16. The van der Waals surface area contributed by atoms with Gasteiger partial charge in [0.2, 0.25) is 0 Å². The molecule has 0 saturated carbocycles. The molecule has 0 aliphatic heterocycles. The summed E-state index contributed by atoms with van der Waals surface area (Å²) >= 11 is 0. The Kier molecular flexibility index (Phi) is 14.5. The van der Waals surface area contributed by atoms with Crippen LogP contribution in [0.3, 0.4) is 0 Å². The second kappa shape index (κ2) is 25.0. The molecule has 0 unspecified atom stereocenters. The van der Waals surface area contributed by atoms with Crippen LogP contribution < -0.4 is 14.7 Å². The van der Waals surface area contributed by atoms with Crippen molar-refractivity contribution in [2.75, 3.05) is 14.7 Å². The summed E-state index contributed by atoms with van der Waals surface area (Å²) in [5, 5.41) is 12.2. The third-order valence-corrected chi connectivity index (χ3v) is 21.0. The van der Waals surface area contributed by atoms with E-state index >= 15 is 0 Å². The molecule has 0 aliphatic carbocycles. The highest BCUT2D eigenvalue weighted by atomic mass is 15.2. The molecule has 0 radical (unpaired) electrons. The molecular weight excluding hydrogens is 1260 g/mol. The van der Waals surface area contributed by atoms with Crippen molar-refractivity contribution in [2.45, 2.75) is 0 Å². The largest absolute Gasteiger partial charge is 0.310 e. The molecule has 6 nitrogen and oxygen atoms in total. The van der Waals surface area contributed by atoms with Gasteiger partial charge in [-0.2, -0.15) is 0 Å². The van der Waals surface area contributed by atoms with Gasteiger partial charge in [0.05, 0.1) is 44.5 Å². The molecule has 0 N–H and O–H groups in total. The first-order valence-corrected chi connectivity index (χ1v) is 35.6. The predicted molar refractivity (Wildman–Crippen MR) is 439 cm³/mol. The zero-order chi connectivity index (χ0) is 68.6. The van der Waals surface area contributed by atoms with E-state index < -0.39 is 0 Å². The minimum atomic E-state index is 1.05. The Labute approximate surface area is 602 Å². The summed E-state index contributed by atoms with van der Waals surface area (Å²) in [5.74, 6) is 0. The standard InChI is InChI=1S/C98H66N6/c1-2-26-73(27-3-1)100(91-41-19-23-69-21-4-6-29-83(69)91)77-48-43-67(44-49-77)68-45-50-78(51-46-68)101(92-42-20-24-70-22-5-7-30-84(70)92)82-28-18-25-71(65-82)72-47-64-98-90(66-72)89-35-12-17-40-97(89)104(98)81-62-56-76(57-63-81)99(74-52-58-79(59-53-74)102-93-36-13-8-31-85(93)86-32-9-14-37-94(86)102)75-54-60-80(61-55-75)103-95-38-15-10-33-87(95)88-34-11-16-39-96(88)103/h1-66H. The first kappa shape index (κ1) is 60.1. The van der Waals surface area contributed by atoms with Gasteiger partial charge < -0.3 is 28.4 Å². The lowest BCUT2D eigenvalue weighted by atomic mass is 10.0. The van der Waals surface area contributed by atoms with Gasteiger partial charge in [-0.25, -0.2) is 0 Å². The lowest BCUT2D eigenvalue weighted by molar-refractivity contribution is 1.16. The van der Waals surface area contributed by atoms with Crippen LogP contribution >= 0.6 is 0 Å². The maximum Gasteiger partial charge on any atom is 0.0541 e. The van der Waals surface area contributed by atoms with Crippen LogP contribution in [0.2, 0.25) is 0 Å². The molecular formula is C98H66N6. The fourth-order valence-electron chi connectivity index (χ4n) is 16.2. The van der Waals surface area contributed by atoms with E-state index in [2.05, 4.69) is 429 Å². The van der Waals surface area contributed by atoms with Crippen LogP contribution in [-0.2, 0) is 0 Å². The Bertz CT molecular complexity index is 6370. The van der Waals surface area contributed by atoms with Gasteiger partial charge in [0.25, 0.3) is 0 Å². The Morgan fingerprint density at radius 2 is 0.433 bits per heavy atom. The topological polar surface area (TPSA) is 24.5 Å². The molecule has 488 valence electrons. The number of nitrogens with zero attached hydrogens (tertiary/aromatic N) is 6. The molecule has 104 heavy (non-hydrogen) atoms. The lowest BCUT2D eigenvalue weighted by Gasteiger charge is -2.28. The normalized spacial score (nSPS) is 11.7. The number of aromatic nitrogens is 3. The van der Waals surface area contributed by atoms with Gasteiger partial charge in [-0.1, -0.05) is 224 Å². The van der Waals surface area contributed by atoms with Gasteiger partial charge in [0.1, 0.15) is 0 Å². The van der Waals surface area contributed by atoms with Crippen LogP contribution in [0.1, 0.15) is 0 Å². The molecule has 20 rings (SSSR count). The molecule has 0 fully saturated rings. The number of fused-ring (bicyclic) bond motifs is 11. The lowest BCUT2D eigenvalue weighted by Crippen LogP contribution is -2.10. The third-order valence-electron chi connectivity index (χ3n) is 21.0. The van der Waals surface area contributed by atoms with Crippen molar-refractivity contribution in [3.05, 3.63) is 400 Å². The van der Waals surface area contributed by atoms with E-state index in [0.29, 0.717) is 0 Å². The second-order valence-electron chi connectivity index (χ2n) is 26.9. The smallest absolute Gasteiger partial charge is 0.0541 e. The molecule has 0 atom stereocenters. The molecule has 0 spiro atoms. The summed E-state index contributed by atoms with van der Waals surface area (Å²) in [6.07, 6.45) is 0. The van der Waals surface area contributed by atoms with Crippen molar-refractivity contribution in [2.24, 2.45) is 0 Å². The maximum atomic E-state index is 2.42. The van der Waals surface area contributed by atoms with Gasteiger partial charge in [0, 0.05) is 100.0 Å². The SMILES string of the molecule is c1ccc(N(c2ccc(-c3ccc(N(c4cccc(-c5ccc6c(c5)c5ccccc5n6-c5ccc(N(c6ccc(-n7c8ccccc8c8ccccc87)cc6)c6ccc(-n7c8ccccc8c8ccccc87)cc6)cc5)c4)c4cccc5ccccc45)cc3)cc2)c2cccc3ccccc23)cc1. The van der Waals surface area contributed by atoms with E-state index in [4.69, 9.17) is 0 Å². The maximum absolute atomic E-state index is 2.42. The molecule has 6 heteroatoms. The van der Waals surface area contributed by atoms with Crippen LogP contribution in [0.15, 0.2) is 400 Å². The first-order chi connectivity index (χ1) is 51.6. The molecule has 20 aromatic rings. The number of hydrogen-bond donors (Lipinski definition) is 0. The summed E-state index contributed by atoms with van der Waals surface area (Å²) < 4.78 is 7.19. The molecule has 0 amide bonds. The zero-order valence-corrected chi connectivity index (χ0v) is 56.8. The molecule has 0 bridgehead atoms. The summed E-state index contributed by atoms with van der Waals surface area (Å²) in [6, 6.07) is 146. The minimum Gasteiger partial charge on any atom is -0.310 e. The van der Waals surface area contributed by atoms with Gasteiger partial charge in [0.15, 0.2) is 0 Å². The van der Waals surface area contributed by atoms with Crippen LogP contribution in [0.5, 0.6) is 0 Å². The van der Waals surface area contributed by atoms with Crippen molar-refractivity contribution in [1.82, 2.24) is 13.7 Å². The highest BCUT2D eigenvalue weighted by Crippen LogP contribution is 2.46. The number of anilines is 9. The van der Waals surface area contributed by atoms with E-state index in [-0.39, 0.29) is 0 Å². The minimum absolute atomic E-state index is 1.05. The fourth-order valence-corrected chi connectivity index (χ4v) is 16.2. The van der Waals surface area contributed by atoms with Crippen LogP contribution in [-0.4, -0.2) is 13.7 Å². The fraction of sp³-hybridized carbons (Fsp3) is 0. The van der Waals surface area contributed by atoms with E-state index in [1.165, 1.54) is 75.9 Å². The van der Waals surface area contributed by atoms with Crippen molar-refractivity contribution >= 4 is 138 Å². The Hall–Kier alpha value is -13.9. The number of hydrogen-bond acceptors (Lipinski definition) is 3. The van der Waals surface area contributed by atoms with Crippen LogP contribution in [0, 0.1) is 0 Å². The van der Waals surface area contributed by atoms with E-state index in [1.54, 1.807) is 0 Å². The van der Waals surface area contributed by atoms with Crippen molar-refractivity contribution in [3.63, 3.8) is 0 Å². The van der Waals surface area contributed by atoms with Gasteiger partial charge in [-0.05, 0) is 209 Å². The Morgan fingerprint density at radius 1 is 0.154 bits per heavy atom. The summed E-state index contributed by atoms with van der Waals surface area (Å²) in [7, 11) is 0. The average molecular weight is 1330 g/mol. The molecule has 0 aliphatic rings. The highest BCUT2D eigenvalue weighted by Gasteiger charge is 2.23. The second-order valence-corrected chi connectivity index (χ2v) is 26.9. The summed E-state index contributed by atoms with van der Waals surface area (Å²) in [5.41, 5.74) is 24.7. The van der Waals surface area contributed by atoms with E-state index in [9.17, 15) is 0 Å². The van der Waals surface area contributed by atoms with Crippen molar-refractivity contribution < 1.29 is 0 Å². The van der Waals surface area contributed by atoms with Crippen molar-refractivity contribution in [1.29, 1.82) is 0 Å². The van der Waals surface area contributed by atoms with Gasteiger partial charge in [-0.3, -0.25) is 0 Å². The quantitative estimate of drug-likeness (QED) is 0.108. The monoisotopic (exact) mass is 1330 g/mol. The Balaban J connectivity index is 0.643. The van der Waals surface area contributed by atoms with E-state index in [0.717, 1.165) is 102 Å². The average Bonchev–Trinajstić information content (AvgIpc) is 1.59. The molecule has 17 aromatic carbocycles. The molecule has 0 saturated heterocycles.